The van der Waals surface area contributed by atoms with Crippen molar-refractivity contribution in [1.29, 1.82) is 0 Å². The van der Waals surface area contributed by atoms with Gasteiger partial charge < -0.3 is 10.3 Å². The second-order valence-corrected chi connectivity index (χ2v) is 6.25. The number of pyridine rings is 1. The summed E-state index contributed by atoms with van der Waals surface area (Å²) in [7, 11) is 0. The van der Waals surface area contributed by atoms with Gasteiger partial charge in [0.15, 0.2) is 0 Å². The van der Waals surface area contributed by atoms with E-state index < -0.39 is 0 Å². The second-order valence-electron chi connectivity index (χ2n) is 6.25. The average Bonchev–Trinajstić information content (AvgIpc) is 2.86. The van der Waals surface area contributed by atoms with E-state index in [4.69, 9.17) is 10.3 Å². The first-order valence-electron chi connectivity index (χ1n) is 7.61. The maximum absolute atomic E-state index is 6.45. The molecule has 0 aliphatic heterocycles. The highest BCUT2D eigenvalue weighted by molar-refractivity contribution is 5.55. The SMILES string of the molecule is Cc1cc(-c2noc(CC3(N)CCCCC3)n2)cc(C)n1. The van der Waals surface area contributed by atoms with Crippen LogP contribution in [-0.4, -0.2) is 20.7 Å². The van der Waals surface area contributed by atoms with Crippen molar-refractivity contribution in [3.63, 3.8) is 0 Å². The van der Waals surface area contributed by atoms with Crippen LogP contribution < -0.4 is 5.73 Å². The molecular formula is C16H22N4O. The predicted octanol–water partition coefficient (Wildman–Crippen LogP) is 2.95. The second kappa shape index (κ2) is 5.56. The summed E-state index contributed by atoms with van der Waals surface area (Å²) in [5.74, 6) is 1.26. The number of nitrogens with two attached hydrogens (primary N) is 1. The lowest BCUT2D eigenvalue weighted by Gasteiger charge is -2.31. The minimum absolute atomic E-state index is 0.174. The van der Waals surface area contributed by atoms with E-state index in [9.17, 15) is 0 Å². The number of nitrogens with zero attached hydrogens (tertiary/aromatic N) is 3. The van der Waals surface area contributed by atoms with Gasteiger partial charge in [-0.1, -0.05) is 24.4 Å². The Hall–Kier alpha value is -1.75. The fraction of sp³-hybridized carbons (Fsp3) is 0.562. The molecule has 1 aliphatic carbocycles. The summed E-state index contributed by atoms with van der Waals surface area (Å²) in [6.45, 7) is 3.93. The molecule has 0 amide bonds. The van der Waals surface area contributed by atoms with Crippen LogP contribution in [-0.2, 0) is 6.42 Å². The van der Waals surface area contributed by atoms with Crippen LogP contribution in [0.25, 0.3) is 11.4 Å². The van der Waals surface area contributed by atoms with E-state index >= 15 is 0 Å². The van der Waals surface area contributed by atoms with Crippen molar-refractivity contribution >= 4 is 0 Å². The quantitative estimate of drug-likeness (QED) is 0.938. The summed E-state index contributed by atoms with van der Waals surface area (Å²) in [6.07, 6.45) is 6.42. The molecule has 2 aromatic rings. The molecule has 0 radical (unpaired) electrons. The zero-order valence-electron chi connectivity index (χ0n) is 12.7. The summed E-state index contributed by atoms with van der Waals surface area (Å²) in [4.78, 5) is 8.88. The molecule has 0 aromatic carbocycles. The van der Waals surface area contributed by atoms with Crippen molar-refractivity contribution in [2.45, 2.75) is 57.9 Å². The molecule has 1 aliphatic rings. The fourth-order valence-corrected chi connectivity index (χ4v) is 3.14. The van der Waals surface area contributed by atoms with Gasteiger partial charge in [0.25, 0.3) is 0 Å². The van der Waals surface area contributed by atoms with Crippen molar-refractivity contribution in [3.8, 4) is 11.4 Å². The zero-order chi connectivity index (χ0) is 14.9. The van der Waals surface area contributed by atoms with E-state index in [1.165, 1.54) is 19.3 Å². The van der Waals surface area contributed by atoms with Crippen LogP contribution in [0, 0.1) is 13.8 Å². The molecule has 112 valence electrons. The number of rotatable bonds is 3. The van der Waals surface area contributed by atoms with Gasteiger partial charge in [-0.05, 0) is 38.8 Å². The molecule has 0 spiro atoms. The predicted molar refractivity (Wildman–Crippen MR) is 80.7 cm³/mol. The van der Waals surface area contributed by atoms with E-state index in [1.54, 1.807) is 0 Å². The van der Waals surface area contributed by atoms with E-state index in [0.717, 1.165) is 29.8 Å². The molecule has 2 aromatic heterocycles. The first kappa shape index (κ1) is 14.2. The molecule has 0 unspecified atom stereocenters. The summed E-state index contributed by atoms with van der Waals surface area (Å²) in [5, 5.41) is 4.10. The highest BCUT2D eigenvalue weighted by atomic mass is 16.5. The third-order valence-corrected chi connectivity index (χ3v) is 4.16. The van der Waals surface area contributed by atoms with Crippen molar-refractivity contribution in [3.05, 3.63) is 29.4 Å². The van der Waals surface area contributed by atoms with E-state index in [0.29, 0.717) is 18.1 Å². The topological polar surface area (TPSA) is 77.8 Å². The minimum atomic E-state index is -0.174. The molecule has 2 heterocycles. The molecule has 3 rings (SSSR count). The van der Waals surface area contributed by atoms with Gasteiger partial charge in [0.1, 0.15) is 0 Å². The van der Waals surface area contributed by atoms with Crippen molar-refractivity contribution in [1.82, 2.24) is 15.1 Å². The van der Waals surface area contributed by atoms with Crippen molar-refractivity contribution in [2.24, 2.45) is 5.73 Å². The maximum Gasteiger partial charge on any atom is 0.228 e. The van der Waals surface area contributed by atoms with Crippen LogP contribution >= 0.6 is 0 Å². The molecule has 5 nitrogen and oxygen atoms in total. The Kier molecular flexibility index (Phi) is 3.76. The highest BCUT2D eigenvalue weighted by Crippen LogP contribution is 2.29. The Morgan fingerprint density at radius 2 is 1.76 bits per heavy atom. The Morgan fingerprint density at radius 1 is 1.10 bits per heavy atom. The minimum Gasteiger partial charge on any atom is -0.339 e. The molecule has 0 bridgehead atoms. The average molecular weight is 286 g/mol. The molecule has 0 saturated heterocycles. The number of hydrogen-bond acceptors (Lipinski definition) is 5. The monoisotopic (exact) mass is 286 g/mol. The Morgan fingerprint density at radius 3 is 2.43 bits per heavy atom. The first-order chi connectivity index (χ1) is 10.0. The largest absolute Gasteiger partial charge is 0.339 e. The zero-order valence-corrected chi connectivity index (χ0v) is 12.7. The smallest absolute Gasteiger partial charge is 0.228 e. The highest BCUT2D eigenvalue weighted by Gasteiger charge is 2.30. The number of hydrogen-bond donors (Lipinski definition) is 1. The standard InChI is InChI=1S/C16H22N4O/c1-11-8-13(9-12(2)18-11)15-19-14(21-20-15)10-16(17)6-4-3-5-7-16/h8-9H,3-7,10,17H2,1-2H3. The summed E-state index contributed by atoms with van der Waals surface area (Å²) >= 11 is 0. The van der Waals surface area contributed by atoms with Gasteiger partial charge >= 0.3 is 0 Å². The lowest BCUT2D eigenvalue weighted by molar-refractivity contribution is 0.261. The molecule has 5 heteroatoms. The molecule has 21 heavy (non-hydrogen) atoms. The third kappa shape index (κ3) is 3.29. The number of aromatic nitrogens is 3. The summed E-state index contributed by atoms with van der Waals surface area (Å²) in [5.41, 5.74) is 9.14. The van der Waals surface area contributed by atoms with Gasteiger partial charge in [0, 0.05) is 28.9 Å². The molecule has 2 N–H and O–H groups in total. The third-order valence-electron chi connectivity index (χ3n) is 4.16. The van der Waals surface area contributed by atoms with E-state index in [1.807, 2.05) is 26.0 Å². The summed E-state index contributed by atoms with van der Waals surface area (Å²) in [6, 6.07) is 3.95. The Balaban J connectivity index is 1.79. The van der Waals surface area contributed by atoms with Gasteiger partial charge in [-0.15, -0.1) is 0 Å². The van der Waals surface area contributed by atoms with Gasteiger partial charge in [0.2, 0.25) is 11.7 Å². The van der Waals surface area contributed by atoms with E-state index in [2.05, 4.69) is 15.1 Å². The van der Waals surface area contributed by atoms with Crippen LogP contribution in [0.4, 0.5) is 0 Å². The van der Waals surface area contributed by atoms with E-state index in [-0.39, 0.29) is 5.54 Å². The van der Waals surface area contributed by atoms with Crippen LogP contribution in [0.2, 0.25) is 0 Å². The van der Waals surface area contributed by atoms with Gasteiger partial charge in [0.05, 0.1) is 0 Å². The number of aryl methyl sites for hydroxylation is 2. The summed E-state index contributed by atoms with van der Waals surface area (Å²) < 4.78 is 5.41. The fourth-order valence-electron chi connectivity index (χ4n) is 3.14. The van der Waals surface area contributed by atoms with Gasteiger partial charge in [-0.25, -0.2) is 0 Å². The van der Waals surface area contributed by atoms with Gasteiger partial charge in [-0.3, -0.25) is 4.98 Å². The maximum atomic E-state index is 6.45. The Labute approximate surface area is 125 Å². The van der Waals surface area contributed by atoms with Crippen LogP contribution in [0.1, 0.15) is 49.4 Å². The first-order valence-corrected chi connectivity index (χ1v) is 7.61. The van der Waals surface area contributed by atoms with Crippen molar-refractivity contribution in [2.75, 3.05) is 0 Å². The van der Waals surface area contributed by atoms with Crippen LogP contribution in [0.15, 0.2) is 16.7 Å². The normalized spacial score (nSPS) is 17.9. The lowest BCUT2D eigenvalue weighted by Crippen LogP contribution is -2.43. The molecular weight excluding hydrogens is 264 g/mol. The Bertz CT molecular complexity index is 609. The lowest BCUT2D eigenvalue weighted by atomic mass is 9.80. The molecule has 0 atom stereocenters. The van der Waals surface area contributed by atoms with Crippen molar-refractivity contribution < 1.29 is 4.52 Å². The van der Waals surface area contributed by atoms with Gasteiger partial charge in [-0.2, -0.15) is 4.98 Å². The molecule has 1 saturated carbocycles. The van der Waals surface area contributed by atoms with Crippen LogP contribution in [0.3, 0.4) is 0 Å². The molecule has 1 fully saturated rings. The van der Waals surface area contributed by atoms with Crippen LogP contribution in [0.5, 0.6) is 0 Å².